The van der Waals surface area contributed by atoms with Crippen molar-refractivity contribution in [2.24, 2.45) is 0 Å². The number of hydrogen-bond acceptors (Lipinski definition) is 4. The predicted octanol–water partition coefficient (Wildman–Crippen LogP) is 1.60. The Hall–Kier alpha value is -0.430. The molecule has 0 fully saturated rings. The van der Waals surface area contributed by atoms with E-state index in [-0.39, 0.29) is 5.75 Å². The van der Waals surface area contributed by atoms with Crippen LogP contribution in [0, 0.1) is 0 Å². The van der Waals surface area contributed by atoms with Crippen LogP contribution >= 0.6 is 11.3 Å². The Labute approximate surface area is 114 Å². The number of rotatable bonds is 10. The first-order chi connectivity index (χ1) is 8.64. The second-order valence-corrected chi connectivity index (χ2v) is 7.06. The lowest BCUT2D eigenvalue weighted by atomic mass is 10.3. The summed E-state index contributed by atoms with van der Waals surface area (Å²) >= 11 is 1.66. The SMILES string of the molecule is CCNCCCCS(=O)(=O)NCCc1cccs1. The number of thiophene rings is 1. The molecular formula is C12H22N2O2S2. The Morgan fingerprint density at radius 3 is 2.78 bits per heavy atom. The van der Waals surface area contributed by atoms with Crippen molar-refractivity contribution in [1.29, 1.82) is 0 Å². The smallest absolute Gasteiger partial charge is 0.211 e. The molecule has 6 heteroatoms. The van der Waals surface area contributed by atoms with E-state index >= 15 is 0 Å². The molecule has 0 atom stereocenters. The Bertz CT molecular complexity index is 402. The summed E-state index contributed by atoms with van der Waals surface area (Å²) in [5, 5.41) is 5.19. The van der Waals surface area contributed by atoms with Crippen molar-refractivity contribution in [3.8, 4) is 0 Å². The van der Waals surface area contributed by atoms with E-state index in [1.807, 2.05) is 24.4 Å². The summed E-state index contributed by atoms with van der Waals surface area (Å²) in [5.41, 5.74) is 0. The number of nitrogens with one attached hydrogen (secondary N) is 2. The first-order valence-corrected chi connectivity index (χ1v) is 8.87. The fourth-order valence-electron chi connectivity index (χ4n) is 1.58. The van der Waals surface area contributed by atoms with Gasteiger partial charge < -0.3 is 5.32 Å². The summed E-state index contributed by atoms with van der Waals surface area (Å²) < 4.78 is 26.0. The number of unbranched alkanes of at least 4 members (excludes halogenated alkanes) is 1. The first kappa shape index (κ1) is 15.6. The van der Waals surface area contributed by atoms with Crippen molar-refractivity contribution in [3.63, 3.8) is 0 Å². The normalized spacial score (nSPS) is 11.8. The van der Waals surface area contributed by atoms with E-state index in [1.165, 1.54) is 4.88 Å². The molecule has 0 bridgehead atoms. The fourth-order valence-corrected chi connectivity index (χ4v) is 3.43. The minimum absolute atomic E-state index is 0.225. The van der Waals surface area contributed by atoms with Crippen LogP contribution in [0.1, 0.15) is 24.6 Å². The number of sulfonamides is 1. The van der Waals surface area contributed by atoms with Gasteiger partial charge in [-0.15, -0.1) is 11.3 Å². The molecule has 0 aliphatic heterocycles. The highest BCUT2D eigenvalue weighted by molar-refractivity contribution is 7.89. The highest BCUT2D eigenvalue weighted by Gasteiger charge is 2.08. The van der Waals surface area contributed by atoms with Gasteiger partial charge >= 0.3 is 0 Å². The minimum Gasteiger partial charge on any atom is -0.317 e. The van der Waals surface area contributed by atoms with Gasteiger partial charge in [0, 0.05) is 11.4 Å². The molecule has 4 nitrogen and oxygen atoms in total. The van der Waals surface area contributed by atoms with Gasteiger partial charge in [-0.2, -0.15) is 0 Å². The molecule has 0 radical (unpaired) electrons. The Morgan fingerprint density at radius 2 is 2.11 bits per heavy atom. The minimum atomic E-state index is -3.10. The molecule has 1 heterocycles. The van der Waals surface area contributed by atoms with Gasteiger partial charge in [-0.3, -0.25) is 0 Å². The monoisotopic (exact) mass is 290 g/mol. The van der Waals surface area contributed by atoms with Crippen LogP contribution in [0.4, 0.5) is 0 Å². The molecule has 0 spiro atoms. The quantitative estimate of drug-likeness (QED) is 0.644. The van der Waals surface area contributed by atoms with Crippen LogP contribution in [-0.4, -0.2) is 33.8 Å². The van der Waals surface area contributed by atoms with E-state index in [0.29, 0.717) is 13.0 Å². The second kappa shape index (κ2) is 8.63. The molecule has 1 aromatic rings. The van der Waals surface area contributed by atoms with E-state index in [2.05, 4.69) is 10.0 Å². The van der Waals surface area contributed by atoms with Gasteiger partial charge in [0.2, 0.25) is 10.0 Å². The van der Waals surface area contributed by atoms with E-state index in [9.17, 15) is 8.42 Å². The fraction of sp³-hybridized carbons (Fsp3) is 0.667. The average Bonchev–Trinajstić information content (AvgIpc) is 2.81. The van der Waals surface area contributed by atoms with Gasteiger partial charge in [0.05, 0.1) is 5.75 Å². The highest BCUT2D eigenvalue weighted by Crippen LogP contribution is 2.08. The molecule has 0 saturated heterocycles. The van der Waals surface area contributed by atoms with Crippen LogP contribution < -0.4 is 10.0 Å². The van der Waals surface area contributed by atoms with Crippen molar-refractivity contribution in [2.75, 3.05) is 25.4 Å². The topological polar surface area (TPSA) is 58.2 Å². The molecule has 1 aromatic heterocycles. The van der Waals surface area contributed by atoms with Gasteiger partial charge in [0.1, 0.15) is 0 Å². The lowest BCUT2D eigenvalue weighted by Crippen LogP contribution is -2.28. The molecule has 2 N–H and O–H groups in total. The molecule has 0 saturated carbocycles. The molecule has 0 aromatic carbocycles. The lowest BCUT2D eigenvalue weighted by Gasteiger charge is -2.06. The standard InChI is InChI=1S/C12H22N2O2S2/c1-2-13-8-3-4-11-18(15,16)14-9-7-12-6-5-10-17-12/h5-6,10,13-14H,2-4,7-9,11H2,1H3. The van der Waals surface area contributed by atoms with E-state index in [4.69, 9.17) is 0 Å². The van der Waals surface area contributed by atoms with Crippen LogP contribution in [0.2, 0.25) is 0 Å². The summed E-state index contributed by atoms with van der Waals surface area (Å²) in [7, 11) is -3.10. The van der Waals surface area contributed by atoms with Gasteiger partial charge in [-0.05, 0) is 43.8 Å². The highest BCUT2D eigenvalue weighted by atomic mass is 32.2. The summed E-state index contributed by atoms with van der Waals surface area (Å²) in [6, 6.07) is 4.00. The third kappa shape index (κ3) is 7.10. The Balaban J connectivity index is 2.11. The van der Waals surface area contributed by atoms with Crippen LogP contribution in [0.5, 0.6) is 0 Å². The van der Waals surface area contributed by atoms with Crippen molar-refractivity contribution in [2.45, 2.75) is 26.2 Å². The molecule has 104 valence electrons. The second-order valence-electron chi connectivity index (χ2n) is 4.10. The molecule has 0 aliphatic rings. The lowest BCUT2D eigenvalue weighted by molar-refractivity contribution is 0.574. The molecule has 0 unspecified atom stereocenters. The van der Waals surface area contributed by atoms with Gasteiger partial charge in [-0.1, -0.05) is 13.0 Å². The third-order valence-corrected chi connectivity index (χ3v) is 4.95. The maximum atomic E-state index is 11.7. The van der Waals surface area contributed by atoms with Crippen molar-refractivity contribution in [3.05, 3.63) is 22.4 Å². The average molecular weight is 290 g/mol. The summed E-state index contributed by atoms with van der Waals surface area (Å²) in [5.74, 6) is 0.225. The number of hydrogen-bond donors (Lipinski definition) is 2. The van der Waals surface area contributed by atoms with Crippen LogP contribution in [0.15, 0.2) is 17.5 Å². The summed E-state index contributed by atoms with van der Waals surface area (Å²) in [6.45, 7) is 4.37. The first-order valence-electron chi connectivity index (χ1n) is 6.34. The van der Waals surface area contributed by atoms with Crippen LogP contribution in [-0.2, 0) is 16.4 Å². The summed E-state index contributed by atoms with van der Waals surface area (Å²) in [4.78, 5) is 1.21. The maximum absolute atomic E-state index is 11.7. The van der Waals surface area contributed by atoms with Gasteiger partial charge in [0.15, 0.2) is 0 Å². The van der Waals surface area contributed by atoms with E-state index in [1.54, 1.807) is 11.3 Å². The third-order valence-electron chi connectivity index (χ3n) is 2.54. The Morgan fingerprint density at radius 1 is 1.28 bits per heavy atom. The van der Waals surface area contributed by atoms with Crippen molar-refractivity contribution >= 4 is 21.4 Å². The van der Waals surface area contributed by atoms with Crippen LogP contribution in [0.3, 0.4) is 0 Å². The zero-order valence-corrected chi connectivity index (χ0v) is 12.4. The molecule has 18 heavy (non-hydrogen) atoms. The summed E-state index contributed by atoms with van der Waals surface area (Å²) in [6.07, 6.45) is 2.38. The molecule has 1 rings (SSSR count). The zero-order valence-electron chi connectivity index (χ0n) is 10.8. The van der Waals surface area contributed by atoms with E-state index in [0.717, 1.165) is 25.9 Å². The van der Waals surface area contributed by atoms with Crippen molar-refractivity contribution in [1.82, 2.24) is 10.0 Å². The predicted molar refractivity (Wildman–Crippen MR) is 77.6 cm³/mol. The Kier molecular flexibility index (Phi) is 7.50. The largest absolute Gasteiger partial charge is 0.317 e. The molecular weight excluding hydrogens is 268 g/mol. The molecule has 0 aliphatic carbocycles. The van der Waals surface area contributed by atoms with Gasteiger partial charge in [-0.25, -0.2) is 13.1 Å². The zero-order chi connectivity index (χ0) is 13.3. The van der Waals surface area contributed by atoms with E-state index < -0.39 is 10.0 Å². The van der Waals surface area contributed by atoms with Crippen molar-refractivity contribution < 1.29 is 8.42 Å². The van der Waals surface area contributed by atoms with Gasteiger partial charge in [0.25, 0.3) is 0 Å². The molecule has 0 amide bonds. The maximum Gasteiger partial charge on any atom is 0.211 e. The van der Waals surface area contributed by atoms with Crippen LogP contribution in [0.25, 0.3) is 0 Å².